The van der Waals surface area contributed by atoms with Crippen molar-refractivity contribution in [2.75, 3.05) is 13.6 Å². The Hall–Kier alpha value is -0.870. The van der Waals surface area contributed by atoms with Gasteiger partial charge in [-0.15, -0.1) is 0 Å². The minimum Gasteiger partial charge on any atom is -0.358 e. The Kier molecular flexibility index (Phi) is 4.78. The minimum absolute atomic E-state index is 0.000961. The first-order valence-electron chi connectivity index (χ1n) is 4.83. The van der Waals surface area contributed by atoms with E-state index in [2.05, 4.69) is 26.6 Å². The molecule has 0 saturated heterocycles. The summed E-state index contributed by atoms with van der Waals surface area (Å²) in [5.74, 6) is -0.000961. The fourth-order valence-electron chi connectivity index (χ4n) is 1.20. The summed E-state index contributed by atoms with van der Waals surface area (Å²) in [6.45, 7) is 2.37. The third kappa shape index (κ3) is 4.01. The molecule has 0 heterocycles. The van der Waals surface area contributed by atoms with Gasteiger partial charge in [0.05, 0.1) is 6.54 Å². The van der Waals surface area contributed by atoms with Gasteiger partial charge in [-0.25, -0.2) is 0 Å². The van der Waals surface area contributed by atoms with Crippen LogP contribution in [0.25, 0.3) is 0 Å². The molecule has 1 amide bonds. The molecule has 0 aliphatic carbocycles. The van der Waals surface area contributed by atoms with Crippen molar-refractivity contribution in [2.45, 2.75) is 13.0 Å². The Morgan fingerprint density at radius 1 is 1.40 bits per heavy atom. The molecule has 0 fully saturated rings. The normalized spacial score (nSPS) is 12.2. The molecule has 0 aliphatic rings. The number of carbonyl (C=O) groups is 1. The molecule has 0 radical (unpaired) electrons. The molecule has 0 saturated carbocycles. The summed E-state index contributed by atoms with van der Waals surface area (Å²) >= 11 is 3.38. The number of hydrogen-bond acceptors (Lipinski definition) is 2. The molecule has 4 heteroatoms. The molecular formula is C11H15BrN2O. The smallest absolute Gasteiger partial charge is 0.233 e. The number of nitrogens with one attached hydrogen (secondary N) is 2. The van der Waals surface area contributed by atoms with Gasteiger partial charge in [0, 0.05) is 17.6 Å². The van der Waals surface area contributed by atoms with E-state index in [4.69, 9.17) is 0 Å². The van der Waals surface area contributed by atoms with Crippen LogP contribution in [0.4, 0.5) is 0 Å². The first kappa shape index (κ1) is 12.2. The molecule has 0 unspecified atom stereocenters. The fraction of sp³-hybridized carbons (Fsp3) is 0.364. The summed E-state index contributed by atoms with van der Waals surface area (Å²) in [6, 6.07) is 8.23. The van der Waals surface area contributed by atoms with E-state index in [0.29, 0.717) is 6.54 Å². The maximum Gasteiger partial charge on any atom is 0.233 e. The maximum absolute atomic E-state index is 11.0. The molecule has 0 aliphatic heterocycles. The summed E-state index contributed by atoms with van der Waals surface area (Å²) in [5.41, 5.74) is 1.17. The van der Waals surface area contributed by atoms with Gasteiger partial charge in [-0.3, -0.25) is 4.79 Å². The zero-order chi connectivity index (χ0) is 11.3. The first-order valence-corrected chi connectivity index (χ1v) is 5.62. The van der Waals surface area contributed by atoms with Crippen LogP contribution in [0.5, 0.6) is 0 Å². The van der Waals surface area contributed by atoms with Crippen LogP contribution in [-0.2, 0) is 4.79 Å². The van der Waals surface area contributed by atoms with Crippen molar-refractivity contribution < 1.29 is 4.79 Å². The average Bonchev–Trinajstić information content (AvgIpc) is 2.26. The molecular weight excluding hydrogens is 256 g/mol. The highest BCUT2D eigenvalue weighted by atomic mass is 79.9. The highest BCUT2D eigenvalue weighted by molar-refractivity contribution is 9.10. The summed E-state index contributed by atoms with van der Waals surface area (Å²) in [5, 5.41) is 5.71. The van der Waals surface area contributed by atoms with Gasteiger partial charge in [0.25, 0.3) is 0 Å². The van der Waals surface area contributed by atoms with E-state index in [1.54, 1.807) is 7.05 Å². The second kappa shape index (κ2) is 5.88. The van der Waals surface area contributed by atoms with Crippen molar-refractivity contribution in [1.82, 2.24) is 10.6 Å². The standard InChI is InChI=1S/C11H15BrN2O/c1-8(14-7-11(15)13-2)9-3-5-10(12)6-4-9/h3-6,8,14H,7H2,1-2H3,(H,13,15)/t8-/m1/s1. The highest BCUT2D eigenvalue weighted by Gasteiger charge is 2.05. The Labute approximate surface area is 98.4 Å². The van der Waals surface area contributed by atoms with E-state index in [-0.39, 0.29) is 11.9 Å². The van der Waals surface area contributed by atoms with E-state index < -0.39 is 0 Å². The van der Waals surface area contributed by atoms with Gasteiger partial charge in [-0.1, -0.05) is 28.1 Å². The average molecular weight is 271 g/mol. The van der Waals surface area contributed by atoms with Gasteiger partial charge >= 0.3 is 0 Å². The largest absolute Gasteiger partial charge is 0.358 e. The summed E-state index contributed by atoms with van der Waals surface area (Å²) in [6.07, 6.45) is 0. The van der Waals surface area contributed by atoms with Crippen LogP contribution < -0.4 is 10.6 Å². The number of likely N-dealkylation sites (N-methyl/N-ethyl adjacent to an activating group) is 1. The predicted octanol–water partition coefficient (Wildman–Crippen LogP) is 1.85. The number of halogens is 1. The molecule has 1 rings (SSSR count). The number of carbonyl (C=O) groups excluding carboxylic acids is 1. The lowest BCUT2D eigenvalue weighted by atomic mass is 10.1. The lowest BCUT2D eigenvalue weighted by Crippen LogP contribution is -2.32. The van der Waals surface area contributed by atoms with Gasteiger partial charge in [0.2, 0.25) is 5.91 Å². The summed E-state index contributed by atoms with van der Waals surface area (Å²) < 4.78 is 1.06. The Morgan fingerprint density at radius 3 is 2.53 bits per heavy atom. The molecule has 15 heavy (non-hydrogen) atoms. The van der Waals surface area contributed by atoms with Gasteiger partial charge in [-0.2, -0.15) is 0 Å². The summed E-state index contributed by atoms with van der Waals surface area (Å²) in [4.78, 5) is 11.0. The number of amides is 1. The van der Waals surface area contributed by atoms with Gasteiger partial charge in [0.1, 0.15) is 0 Å². The van der Waals surface area contributed by atoms with Crippen LogP contribution in [-0.4, -0.2) is 19.5 Å². The van der Waals surface area contributed by atoms with E-state index >= 15 is 0 Å². The van der Waals surface area contributed by atoms with Crippen LogP contribution >= 0.6 is 15.9 Å². The monoisotopic (exact) mass is 270 g/mol. The molecule has 2 N–H and O–H groups in total. The molecule has 1 aromatic rings. The van der Waals surface area contributed by atoms with Crippen molar-refractivity contribution in [3.8, 4) is 0 Å². The van der Waals surface area contributed by atoms with Gasteiger partial charge in [0.15, 0.2) is 0 Å². The van der Waals surface area contributed by atoms with Crippen molar-refractivity contribution in [3.63, 3.8) is 0 Å². The minimum atomic E-state index is -0.000961. The predicted molar refractivity (Wildman–Crippen MR) is 64.6 cm³/mol. The van der Waals surface area contributed by atoms with E-state index in [9.17, 15) is 4.79 Å². The molecule has 82 valence electrons. The third-order valence-corrected chi connectivity index (χ3v) is 2.75. The van der Waals surface area contributed by atoms with E-state index in [1.165, 1.54) is 5.56 Å². The van der Waals surface area contributed by atoms with Crippen molar-refractivity contribution in [3.05, 3.63) is 34.3 Å². The highest BCUT2D eigenvalue weighted by Crippen LogP contribution is 2.15. The van der Waals surface area contributed by atoms with Crippen molar-refractivity contribution in [1.29, 1.82) is 0 Å². The number of benzene rings is 1. The van der Waals surface area contributed by atoms with E-state index in [0.717, 1.165) is 4.47 Å². The lowest BCUT2D eigenvalue weighted by Gasteiger charge is -2.13. The third-order valence-electron chi connectivity index (χ3n) is 2.22. The Bertz CT molecular complexity index is 324. The van der Waals surface area contributed by atoms with Crippen LogP contribution in [0.15, 0.2) is 28.7 Å². The topological polar surface area (TPSA) is 41.1 Å². The second-order valence-corrected chi connectivity index (χ2v) is 4.24. The molecule has 0 bridgehead atoms. The maximum atomic E-state index is 11.0. The fourth-order valence-corrected chi connectivity index (χ4v) is 1.47. The molecule has 1 atom stereocenters. The van der Waals surface area contributed by atoms with Crippen LogP contribution in [0, 0.1) is 0 Å². The molecule has 1 aromatic carbocycles. The van der Waals surface area contributed by atoms with Crippen LogP contribution in [0.3, 0.4) is 0 Å². The van der Waals surface area contributed by atoms with Crippen molar-refractivity contribution in [2.24, 2.45) is 0 Å². The van der Waals surface area contributed by atoms with Gasteiger partial charge in [-0.05, 0) is 24.6 Å². The van der Waals surface area contributed by atoms with E-state index in [1.807, 2.05) is 31.2 Å². The number of hydrogen-bond donors (Lipinski definition) is 2. The van der Waals surface area contributed by atoms with Gasteiger partial charge < -0.3 is 10.6 Å². The Balaban J connectivity index is 2.50. The Morgan fingerprint density at radius 2 is 2.00 bits per heavy atom. The molecule has 0 aromatic heterocycles. The van der Waals surface area contributed by atoms with Crippen LogP contribution in [0.2, 0.25) is 0 Å². The molecule has 3 nitrogen and oxygen atoms in total. The first-order chi connectivity index (χ1) is 7.13. The number of rotatable bonds is 4. The SMILES string of the molecule is CNC(=O)CN[C@H](C)c1ccc(Br)cc1. The van der Waals surface area contributed by atoms with Crippen molar-refractivity contribution >= 4 is 21.8 Å². The lowest BCUT2D eigenvalue weighted by molar-refractivity contribution is -0.119. The van der Waals surface area contributed by atoms with Crippen LogP contribution in [0.1, 0.15) is 18.5 Å². The zero-order valence-electron chi connectivity index (χ0n) is 8.88. The quantitative estimate of drug-likeness (QED) is 0.877. The second-order valence-electron chi connectivity index (χ2n) is 3.33. The zero-order valence-corrected chi connectivity index (χ0v) is 10.5. The summed E-state index contributed by atoms with van der Waals surface area (Å²) in [7, 11) is 1.63. The molecule has 0 spiro atoms.